The van der Waals surface area contributed by atoms with Crippen molar-refractivity contribution in [3.05, 3.63) is 28.5 Å². The third-order valence-corrected chi connectivity index (χ3v) is 2.49. The van der Waals surface area contributed by atoms with Crippen LogP contribution in [0, 0.1) is 5.92 Å². The molecular formula is C10H15ClN2O. The van der Waals surface area contributed by atoms with E-state index in [0.29, 0.717) is 16.6 Å². The van der Waals surface area contributed by atoms with Crippen LogP contribution in [0.2, 0.25) is 5.02 Å². The van der Waals surface area contributed by atoms with Crippen LogP contribution in [0.4, 0.5) is 0 Å². The molecule has 0 saturated heterocycles. The van der Waals surface area contributed by atoms with Crippen molar-refractivity contribution in [2.75, 3.05) is 0 Å². The Kier molecular flexibility index (Phi) is 3.86. The van der Waals surface area contributed by atoms with Crippen molar-refractivity contribution in [3.63, 3.8) is 0 Å². The molecule has 0 spiro atoms. The quantitative estimate of drug-likeness (QED) is 0.808. The number of pyridine rings is 1. The Hall–Kier alpha value is -0.640. The summed E-state index contributed by atoms with van der Waals surface area (Å²) in [6.07, 6.45) is 0. The van der Waals surface area contributed by atoms with Gasteiger partial charge in [0.2, 0.25) is 0 Å². The van der Waals surface area contributed by atoms with E-state index in [1.165, 1.54) is 0 Å². The molecule has 3 nitrogen and oxygen atoms in total. The topological polar surface area (TPSA) is 59.1 Å². The van der Waals surface area contributed by atoms with Gasteiger partial charge in [-0.3, -0.25) is 4.98 Å². The second-order valence-electron chi connectivity index (χ2n) is 3.59. The Morgan fingerprint density at radius 1 is 1.50 bits per heavy atom. The van der Waals surface area contributed by atoms with Gasteiger partial charge in [0.15, 0.2) is 0 Å². The van der Waals surface area contributed by atoms with Crippen LogP contribution in [0.3, 0.4) is 0 Å². The Morgan fingerprint density at radius 3 is 2.64 bits per heavy atom. The summed E-state index contributed by atoms with van der Waals surface area (Å²) in [5, 5.41) is 9.45. The lowest BCUT2D eigenvalue weighted by Gasteiger charge is -2.15. The molecule has 0 bridgehead atoms. The summed E-state index contributed by atoms with van der Waals surface area (Å²) < 4.78 is 0. The van der Waals surface area contributed by atoms with Crippen molar-refractivity contribution in [1.29, 1.82) is 0 Å². The standard InChI is InChI=1S/C10H15ClN2O/c1-6(2)10(12)8-4-3-7(11)9(5-14)13-8/h3-4,6,10,14H,5,12H2,1-2H3/t10-/m1/s1. The number of nitrogens with two attached hydrogens (primary N) is 1. The number of hydrogen-bond donors (Lipinski definition) is 2. The average molecular weight is 215 g/mol. The third kappa shape index (κ3) is 2.44. The molecule has 0 radical (unpaired) electrons. The smallest absolute Gasteiger partial charge is 0.0868 e. The Balaban J connectivity index is 3.00. The summed E-state index contributed by atoms with van der Waals surface area (Å²) in [5.41, 5.74) is 7.18. The van der Waals surface area contributed by atoms with Crippen molar-refractivity contribution >= 4 is 11.6 Å². The second-order valence-corrected chi connectivity index (χ2v) is 4.00. The molecule has 0 aliphatic carbocycles. The van der Waals surface area contributed by atoms with Gasteiger partial charge in [0.25, 0.3) is 0 Å². The summed E-state index contributed by atoms with van der Waals surface area (Å²) in [5.74, 6) is 0.315. The molecule has 1 atom stereocenters. The van der Waals surface area contributed by atoms with Gasteiger partial charge in [0.05, 0.1) is 23.0 Å². The molecule has 1 aromatic heterocycles. The summed E-state index contributed by atoms with van der Waals surface area (Å²) >= 11 is 5.82. The highest BCUT2D eigenvalue weighted by molar-refractivity contribution is 6.31. The molecule has 1 aromatic rings. The van der Waals surface area contributed by atoms with Crippen LogP contribution in [-0.2, 0) is 6.61 Å². The highest BCUT2D eigenvalue weighted by atomic mass is 35.5. The summed E-state index contributed by atoms with van der Waals surface area (Å²) in [6.45, 7) is 3.90. The molecule has 14 heavy (non-hydrogen) atoms. The largest absolute Gasteiger partial charge is 0.390 e. The number of aliphatic hydroxyl groups is 1. The number of hydrogen-bond acceptors (Lipinski definition) is 3. The van der Waals surface area contributed by atoms with Gasteiger partial charge in [-0.1, -0.05) is 25.4 Å². The van der Waals surface area contributed by atoms with Crippen LogP contribution in [-0.4, -0.2) is 10.1 Å². The first-order chi connectivity index (χ1) is 6.56. The molecule has 78 valence electrons. The normalized spacial score (nSPS) is 13.3. The first-order valence-corrected chi connectivity index (χ1v) is 4.95. The lowest BCUT2D eigenvalue weighted by Crippen LogP contribution is -2.18. The van der Waals surface area contributed by atoms with E-state index >= 15 is 0 Å². The van der Waals surface area contributed by atoms with Gasteiger partial charge in [0.1, 0.15) is 0 Å². The van der Waals surface area contributed by atoms with Gasteiger partial charge < -0.3 is 10.8 Å². The zero-order chi connectivity index (χ0) is 10.7. The lowest BCUT2D eigenvalue weighted by atomic mass is 10.0. The molecule has 1 heterocycles. The number of rotatable bonds is 3. The minimum absolute atomic E-state index is 0.113. The zero-order valence-corrected chi connectivity index (χ0v) is 9.12. The molecule has 0 unspecified atom stereocenters. The van der Waals surface area contributed by atoms with Gasteiger partial charge in [-0.25, -0.2) is 0 Å². The minimum Gasteiger partial charge on any atom is -0.390 e. The van der Waals surface area contributed by atoms with Crippen molar-refractivity contribution < 1.29 is 5.11 Å². The minimum atomic E-state index is -0.155. The fourth-order valence-electron chi connectivity index (χ4n) is 1.14. The van der Waals surface area contributed by atoms with Crippen molar-refractivity contribution in [3.8, 4) is 0 Å². The SMILES string of the molecule is CC(C)[C@@H](N)c1ccc(Cl)c(CO)n1. The van der Waals surface area contributed by atoms with Crippen LogP contribution in [0.25, 0.3) is 0 Å². The van der Waals surface area contributed by atoms with E-state index < -0.39 is 0 Å². The van der Waals surface area contributed by atoms with Crippen LogP contribution >= 0.6 is 11.6 Å². The predicted octanol–water partition coefficient (Wildman–Crippen LogP) is 1.88. The van der Waals surface area contributed by atoms with E-state index in [-0.39, 0.29) is 12.6 Å². The molecule has 0 aliphatic heterocycles. The Bertz CT molecular complexity index is 315. The van der Waals surface area contributed by atoms with Crippen LogP contribution in [0.5, 0.6) is 0 Å². The van der Waals surface area contributed by atoms with Crippen LogP contribution < -0.4 is 5.73 Å². The van der Waals surface area contributed by atoms with Gasteiger partial charge in [0, 0.05) is 6.04 Å². The molecular weight excluding hydrogens is 200 g/mol. The highest BCUT2D eigenvalue weighted by Gasteiger charge is 2.13. The Labute approximate surface area is 88.9 Å². The molecule has 0 aromatic carbocycles. The van der Waals surface area contributed by atoms with E-state index in [1.807, 2.05) is 13.8 Å². The number of halogens is 1. The Morgan fingerprint density at radius 2 is 2.14 bits per heavy atom. The summed E-state index contributed by atoms with van der Waals surface area (Å²) in [7, 11) is 0. The molecule has 0 amide bonds. The first-order valence-electron chi connectivity index (χ1n) is 4.58. The molecule has 0 fully saturated rings. The van der Waals surface area contributed by atoms with E-state index in [1.54, 1.807) is 12.1 Å². The lowest BCUT2D eigenvalue weighted by molar-refractivity contribution is 0.276. The van der Waals surface area contributed by atoms with Crippen molar-refractivity contribution in [2.24, 2.45) is 11.7 Å². The second kappa shape index (κ2) is 4.73. The van der Waals surface area contributed by atoms with E-state index in [9.17, 15) is 0 Å². The number of aliphatic hydroxyl groups excluding tert-OH is 1. The van der Waals surface area contributed by atoms with Crippen molar-refractivity contribution in [1.82, 2.24) is 4.98 Å². The number of aromatic nitrogens is 1. The molecule has 3 N–H and O–H groups in total. The fraction of sp³-hybridized carbons (Fsp3) is 0.500. The molecule has 1 rings (SSSR count). The first kappa shape index (κ1) is 11.4. The average Bonchev–Trinajstić information content (AvgIpc) is 2.17. The fourth-order valence-corrected chi connectivity index (χ4v) is 1.30. The van der Waals surface area contributed by atoms with E-state index in [2.05, 4.69) is 4.98 Å². The van der Waals surface area contributed by atoms with E-state index in [0.717, 1.165) is 5.69 Å². The van der Waals surface area contributed by atoms with Crippen molar-refractivity contribution in [2.45, 2.75) is 26.5 Å². The maximum Gasteiger partial charge on any atom is 0.0868 e. The van der Waals surface area contributed by atoms with Gasteiger partial charge in [-0.05, 0) is 18.1 Å². The van der Waals surface area contributed by atoms with Gasteiger partial charge in [-0.2, -0.15) is 0 Å². The summed E-state index contributed by atoms with van der Waals surface area (Å²) in [6, 6.07) is 3.40. The maximum atomic E-state index is 8.98. The molecule has 0 aliphatic rings. The zero-order valence-electron chi connectivity index (χ0n) is 8.37. The predicted molar refractivity (Wildman–Crippen MR) is 56.9 cm³/mol. The van der Waals surface area contributed by atoms with Crippen LogP contribution in [0.1, 0.15) is 31.3 Å². The molecule has 0 saturated carbocycles. The maximum absolute atomic E-state index is 8.98. The van der Waals surface area contributed by atoms with Crippen LogP contribution in [0.15, 0.2) is 12.1 Å². The molecule has 4 heteroatoms. The van der Waals surface area contributed by atoms with E-state index in [4.69, 9.17) is 22.4 Å². The van der Waals surface area contributed by atoms with Gasteiger partial charge in [-0.15, -0.1) is 0 Å². The number of nitrogens with zero attached hydrogens (tertiary/aromatic N) is 1. The van der Waals surface area contributed by atoms with Gasteiger partial charge >= 0.3 is 0 Å². The highest BCUT2D eigenvalue weighted by Crippen LogP contribution is 2.20. The summed E-state index contributed by atoms with van der Waals surface area (Å²) in [4.78, 5) is 4.20. The third-order valence-electron chi connectivity index (χ3n) is 2.15. The monoisotopic (exact) mass is 214 g/mol.